The van der Waals surface area contributed by atoms with E-state index >= 15 is 0 Å². The molecule has 1 rings (SSSR count). The highest BCUT2D eigenvalue weighted by Gasteiger charge is 2.28. The van der Waals surface area contributed by atoms with Crippen molar-refractivity contribution in [2.24, 2.45) is 0 Å². The smallest absolute Gasteiger partial charge is 0.123 e. The molecule has 0 aromatic heterocycles. The monoisotopic (exact) mass is 244 g/mol. The van der Waals surface area contributed by atoms with E-state index in [0.29, 0.717) is 5.00 Å². The highest BCUT2D eigenvalue weighted by molar-refractivity contribution is 6.84. The Morgan fingerprint density at radius 1 is 1.27 bits per heavy atom. The highest BCUT2D eigenvalue weighted by Crippen LogP contribution is 2.22. The third-order valence-electron chi connectivity index (χ3n) is 2.78. The Balaban J connectivity index is 2.72. The van der Waals surface area contributed by atoms with Crippen LogP contribution in [-0.2, 0) is 6.04 Å². The fourth-order valence-electron chi connectivity index (χ4n) is 1.79. The summed E-state index contributed by atoms with van der Waals surface area (Å²) in [6.45, 7) is 6.70. The zero-order chi connectivity index (χ0) is 11.5. The van der Waals surface area contributed by atoms with E-state index in [9.17, 15) is 4.39 Å². The Kier molecular flexibility index (Phi) is 4.35. The minimum atomic E-state index is -1.42. The van der Waals surface area contributed by atoms with Gasteiger partial charge >= 0.3 is 0 Å². The standard InChI is InChI=1S/C12H18ClFSi/c1-4-12(13)15(2,3)9-10-5-7-11(14)8-6-10/h5-8,12H,4,9H2,1-3H3. The van der Waals surface area contributed by atoms with Crippen LogP contribution < -0.4 is 0 Å². The van der Waals surface area contributed by atoms with Crippen LogP contribution >= 0.6 is 11.6 Å². The lowest BCUT2D eigenvalue weighted by Crippen LogP contribution is -2.40. The second-order valence-electron chi connectivity index (χ2n) is 4.67. The molecule has 0 bridgehead atoms. The van der Waals surface area contributed by atoms with Crippen molar-refractivity contribution in [1.29, 1.82) is 0 Å². The molecular weight excluding hydrogens is 227 g/mol. The third kappa shape index (κ3) is 3.62. The van der Waals surface area contributed by atoms with Crippen LogP contribution in [0, 0.1) is 5.82 Å². The van der Waals surface area contributed by atoms with E-state index < -0.39 is 8.07 Å². The van der Waals surface area contributed by atoms with E-state index in [1.807, 2.05) is 12.1 Å². The van der Waals surface area contributed by atoms with Gasteiger partial charge in [-0.25, -0.2) is 4.39 Å². The lowest BCUT2D eigenvalue weighted by atomic mass is 10.2. The summed E-state index contributed by atoms with van der Waals surface area (Å²) in [7, 11) is -1.42. The first-order chi connectivity index (χ1) is 6.95. The average molecular weight is 245 g/mol. The van der Waals surface area contributed by atoms with Crippen molar-refractivity contribution in [3.63, 3.8) is 0 Å². The summed E-state index contributed by atoms with van der Waals surface area (Å²) in [5.41, 5.74) is 1.20. The van der Waals surface area contributed by atoms with Gasteiger partial charge in [-0.15, -0.1) is 11.6 Å². The third-order valence-corrected chi connectivity index (χ3v) is 8.28. The van der Waals surface area contributed by atoms with Gasteiger partial charge in [0.05, 0.1) is 8.07 Å². The van der Waals surface area contributed by atoms with Gasteiger partial charge in [-0.05, 0) is 24.6 Å². The van der Waals surface area contributed by atoms with Crippen molar-refractivity contribution < 1.29 is 4.39 Å². The van der Waals surface area contributed by atoms with Crippen molar-refractivity contribution in [3.05, 3.63) is 35.6 Å². The van der Waals surface area contributed by atoms with Crippen LogP contribution in [0.5, 0.6) is 0 Å². The molecule has 0 radical (unpaired) electrons. The van der Waals surface area contributed by atoms with Crippen LogP contribution in [-0.4, -0.2) is 13.1 Å². The van der Waals surface area contributed by atoms with E-state index in [-0.39, 0.29) is 5.82 Å². The molecule has 1 aromatic carbocycles. The first-order valence-electron chi connectivity index (χ1n) is 5.34. The van der Waals surface area contributed by atoms with Gasteiger partial charge in [-0.3, -0.25) is 0 Å². The van der Waals surface area contributed by atoms with Crippen molar-refractivity contribution in [3.8, 4) is 0 Å². The van der Waals surface area contributed by atoms with E-state index in [1.54, 1.807) is 0 Å². The molecule has 0 fully saturated rings. The Bertz CT molecular complexity index is 308. The minimum absolute atomic E-state index is 0.170. The molecule has 0 heterocycles. The molecule has 1 atom stereocenters. The fourth-order valence-corrected chi connectivity index (χ4v) is 4.64. The Hall–Kier alpha value is -0.343. The van der Waals surface area contributed by atoms with Gasteiger partial charge in [-0.2, -0.15) is 0 Å². The van der Waals surface area contributed by atoms with Crippen LogP contribution in [0.4, 0.5) is 4.39 Å². The maximum absolute atomic E-state index is 12.7. The topological polar surface area (TPSA) is 0 Å². The Morgan fingerprint density at radius 3 is 2.27 bits per heavy atom. The molecule has 0 aliphatic carbocycles. The first kappa shape index (κ1) is 12.7. The molecule has 0 aliphatic heterocycles. The number of rotatable bonds is 4. The van der Waals surface area contributed by atoms with Gasteiger partial charge in [0.1, 0.15) is 5.82 Å². The normalized spacial score (nSPS) is 13.9. The van der Waals surface area contributed by atoms with Gasteiger partial charge in [0, 0.05) is 5.00 Å². The van der Waals surface area contributed by atoms with Crippen molar-refractivity contribution >= 4 is 19.7 Å². The second-order valence-corrected chi connectivity index (χ2v) is 10.6. The molecule has 0 N–H and O–H groups in total. The zero-order valence-corrected chi connectivity index (χ0v) is 11.3. The minimum Gasteiger partial charge on any atom is -0.207 e. The van der Waals surface area contributed by atoms with Crippen molar-refractivity contribution in [2.75, 3.05) is 0 Å². The number of benzene rings is 1. The predicted molar refractivity (Wildman–Crippen MR) is 67.5 cm³/mol. The van der Waals surface area contributed by atoms with Gasteiger partial charge in [0.15, 0.2) is 0 Å². The summed E-state index contributed by atoms with van der Waals surface area (Å²) < 4.78 is 12.7. The summed E-state index contributed by atoms with van der Waals surface area (Å²) in [6.07, 6.45) is 1.02. The van der Waals surface area contributed by atoms with E-state index in [2.05, 4.69) is 20.0 Å². The Labute approximate surface area is 97.5 Å². The highest BCUT2D eigenvalue weighted by atomic mass is 35.5. The number of halogens is 2. The van der Waals surface area contributed by atoms with Gasteiger partial charge < -0.3 is 0 Å². The lowest BCUT2D eigenvalue weighted by Gasteiger charge is -2.27. The summed E-state index contributed by atoms with van der Waals surface area (Å²) in [5.74, 6) is -0.170. The molecule has 15 heavy (non-hydrogen) atoms. The number of alkyl halides is 1. The quantitative estimate of drug-likeness (QED) is 0.551. The van der Waals surface area contributed by atoms with Crippen LogP contribution in [0.25, 0.3) is 0 Å². The van der Waals surface area contributed by atoms with Crippen LogP contribution in [0.3, 0.4) is 0 Å². The van der Waals surface area contributed by atoms with E-state index in [4.69, 9.17) is 11.6 Å². The van der Waals surface area contributed by atoms with Crippen molar-refractivity contribution in [1.82, 2.24) is 0 Å². The molecule has 1 unspecified atom stereocenters. The van der Waals surface area contributed by atoms with Gasteiger partial charge in [-0.1, -0.05) is 37.7 Å². The molecule has 0 saturated heterocycles. The van der Waals surface area contributed by atoms with Crippen LogP contribution in [0.1, 0.15) is 18.9 Å². The lowest BCUT2D eigenvalue weighted by molar-refractivity contribution is 0.627. The largest absolute Gasteiger partial charge is 0.207 e. The first-order valence-corrected chi connectivity index (χ1v) is 9.06. The maximum atomic E-state index is 12.7. The molecule has 84 valence electrons. The van der Waals surface area contributed by atoms with E-state index in [1.165, 1.54) is 17.7 Å². The summed E-state index contributed by atoms with van der Waals surface area (Å²) in [5, 5.41) is 0.294. The predicted octanol–water partition coefficient (Wildman–Crippen LogP) is 4.17. The molecule has 0 spiro atoms. The second kappa shape index (κ2) is 5.13. The molecule has 1 aromatic rings. The summed E-state index contributed by atoms with van der Waals surface area (Å²) in [4.78, 5) is 0. The molecular formula is C12H18ClFSi. The average Bonchev–Trinajstić information content (AvgIpc) is 2.20. The maximum Gasteiger partial charge on any atom is 0.123 e. The van der Waals surface area contributed by atoms with Gasteiger partial charge in [0.2, 0.25) is 0 Å². The molecule has 0 amide bonds. The van der Waals surface area contributed by atoms with Gasteiger partial charge in [0.25, 0.3) is 0 Å². The molecule has 0 saturated carbocycles. The Morgan fingerprint density at radius 2 is 1.80 bits per heavy atom. The molecule has 0 aliphatic rings. The molecule has 0 nitrogen and oxygen atoms in total. The molecule has 3 heteroatoms. The fraction of sp³-hybridized carbons (Fsp3) is 0.500. The number of hydrogen-bond donors (Lipinski definition) is 0. The summed E-state index contributed by atoms with van der Waals surface area (Å²) >= 11 is 6.33. The van der Waals surface area contributed by atoms with Crippen molar-refractivity contribution in [2.45, 2.75) is 37.5 Å². The summed E-state index contributed by atoms with van der Waals surface area (Å²) in [6, 6.07) is 7.80. The SMILES string of the molecule is CCC(Cl)[Si](C)(C)Cc1ccc(F)cc1. The number of hydrogen-bond acceptors (Lipinski definition) is 0. The zero-order valence-electron chi connectivity index (χ0n) is 9.56. The van der Waals surface area contributed by atoms with E-state index in [0.717, 1.165) is 12.5 Å². The van der Waals surface area contributed by atoms with Crippen LogP contribution in [0.15, 0.2) is 24.3 Å². The van der Waals surface area contributed by atoms with Crippen LogP contribution in [0.2, 0.25) is 13.1 Å².